The fraction of sp³-hybridized carbons (Fsp3) is 0.824. The molecule has 0 saturated carbocycles. The molecule has 4 heterocycles. The van der Waals surface area contributed by atoms with E-state index in [0.29, 0.717) is 18.5 Å². The first kappa shape index (κ1) is 16.9. The van der Waals surface area contributed by atoms with E-state index < -0.39 is 0 Å². The van der Waals surface area contributed by atoms with Crippen LogP contribution in [0.5, 0.6) is 0 Å². The summed E-state index contributed by atoms with van der Waals surface area (Å²) in [7, 11) is 1.77. The van der Waals surface area contributed by atoms with Gasteiger partial charge in [0.05, 0.1) is 12.7 Å². The van der Waals surface area contributed by atoms with E-state index in [9.17, 15) is 4.79 Å². The maximum absolute atomic E-state index is 12.6. The van der Waals surface area contributed by atoms with Crippen LogP contribution >= 0.6 is 0 Å². The maximum Gasteiger partial charge on any atom is 0.293 e. The number of ether oxygens (including phenoxy) is 2. The Balaban J connectivity index is 1.38. The molecule has 25 heavy (non-hydrogen) atoms. The Labute approximate surface area is 148 Å². The van der Waals surface area contributed by atoms with Gasteiger partial charge in [0.15, 0.2) is 0 Å². The summed E-state index contributed by atoms with van der Waals surface area (Å²) in [6.45, 7) is 5.92. The van der Waals surface area contributed by atoms with Crippen molar-refractivity contribution in [1.29, 1.82) is 0 Å². The highest BCUT2D eigenvalue weighted by Crippen LogP contribution is 2.27. The first-order valence-corrected chi connectivity index (χ1v) is 9.29. The molecule has 3 fully saturated rings. The molecule has 8 nitrogen and oxygen atoms in total. The van der Waals surface area contributed by atoms with Crippen molar-refractivity contribution in [2.24, 2.45) is 13.0 Å². The Morgan fingerprint density at radius 3 is 2.76 bits per heavy atom. The third-order valence-electron chi connectivity index (χ3n) is 5.66. The van der Waals surface area contributed by atoms with E-state index in [1.54, 1.807) is 18.1 Å². The second kappa shape index (κ2) is 7.39. The normalized spacial score (nSPS) is 29.2. The molecule has 1 amide bonds. The van der Waals surface area contributed by atoms with Gasteiger partial charge in [0.25, 0.3) is 5.91 Å². The third-order valence-corrected chi connectivity index (χ3v) is 5.66. The van der Waals surface area contributed by atoms with Gasteiger partial charge in [0.2, 0.25) is 5.82 Å². The van der Waals surface area contributed by atoms with Crippen molar-refractivity contribution in [1.82, 2.24) is 24.6 Å². The standard InChI is InChI=1S/C17H27N5O3/c1-20-12-18-16(19-20)17(23)22-5-2-13-10-21(6-9-25-15(13)11-22)14-3-7-24-8-4-14/h12-15H,2-11H2,1H3. The summed E-state index contributed by atoms with van der Waals surface area (Å²) in [6, 6.07) is 0.619. The molecule has 0 aromatic carbocycles. The van der Waals surface area contributed by atoms with E-state index >= 15 is 0 Å². The molecular formula is C17H27N5O3. The first-order chi connectivity index (χ1) is 12.2. The van der Waals surface area contributed by atoms with Crippen LogP contribution in [0, 0.1) is 5.92 Å². The zero-order valence-corrected chi connectivity index (χ0v) is 14.8. The lowest BCUT2D eigenvalue weighted by atomic mass is 9.92. The third kappa shape index (κ3) is 3.70. The van der Waals surface area contributed by atoms with Crippen LogP contribution in [0.4, 0.5) is 0 Å². The fourth-order valence-electron chi connectivity index (χ4n) is 4.22. The summed E-state index contributed by atoms with van der Waals surface area (Å²) >= 11 is 0. The lowest BCUT2D eigenvalue weighted by Gasteiger charge is -2.39. The van der Waals surface area contributed by atoms with Crippen LogP contribution in [0.15, 0.2) is 6.33 Å². The van der Waals surface area contributed by atoms with Crippen LogP contribution in [-0.2, 0) is 16.5 Å². The molecule has 3 aliphatic rings. The molecule has 8 heteroatoms. The lowest BCUT2D eigenvalue weighted by molar-refractivity contribution is -0.0177. The minimum absolute atomic E-state index is 0.0896. The number of hydrogen-bond donors (Lipinski definition) is 0. The predicted molar refractivity (Wildman–Crippen MR) is 90.2 cm³/mol. The van der Waals surface area contributed by atoms with Crippen LogP contribution < -0.4 is 0 Å². The molecule has 2 unspecified atom stereocenters. The first-order valence-electron chi connectivity index (χ1n) is 9.29. The van der Waals surface area contributed by atoms with E-state index in [2.05, 4.69) is 15.0 Å². The Morgan fingerprint density at radius 2 is 2.00 bits per heavy atom. The molecule has 0 spiro atoms. The Bertz CT molecular complexity index is 601. The molecule has 2 atom stereocenters. The molecular weight excluding hydrogens is 322 g/mol. The number of carbonyl (C=O) groups excluding carboxylic acids is 1. The summed E-state index contributed by atoms with van der Waals surface area (Å²) in [5, 5.41) is 4.14. The zero-order valence-electron chi connectivity index (χ0n) is 14.8. The molecule has 1 aromatic heterocycles. The highest BCUT2D eigenvalue weighted by atomic mass is 16.5. The van der Waals surface area contributed by atoms with Crippen molar-refractivity contribution >= 4 is 5.91 Å². The summed E-state index contributed by atoms with van der Waals surface area (Å²) in [6.07, 6.45) is 4.89. The van der Waals surface area contributed by atoms with Gasteiger partial charge in [-0.25, -0.2) is 4.98 Å². The van der Waals surface area contributed by atoms with Gasteiger partial charge < -0.3 is 14.4 Å². The van der Waals surface area contributed by atoms with Gasteiger partial charge in [0.1, 0.15) is 6.33 Å². The average molecular weight is 349 g/mol. The van der Waals surface area contributed by atoms with Gasteiger partial charge in [-0.3, -0.25) is 14.4 Å². The Hall–Kier alpha value is -1.51. The summed E-state index contributed by atoms with van der Waals surface area (Å²) in [5.41, 5.74) is 0. The van der Waals surface area contributed by atoms with Crippen LogP contribution in [0.2, 0.25) is 0 Å². The molecule has 3 aliphatic heterocycles. The molecule has 0 radical (unpaired) electrons. The number of nitrogens with zero attached hydrogens (tertiary/aromatic N) is 5. The number of rotatable bonds is 2. The van der Waals surface area contributed by atoms with Crippen molar-refractivity contribution in [3.05, 3.63) is 12.2 Å². The van der Waals surface area contributed by atoms with E-state index in [0.717, 1.165) is 58.7 Å². The second-order valence-corrected chi connectivity index (χ2v) is 7.29. The van der Waals surface area contributed by atoms with Gasteiger partial charge in [-0.05, 0) is 19.3 Å². The van der Waals surface area contributed by atoms with Crippen molar-refractivity contribution < 1.29 is 14.3 Å². The van der Waals surface area contributed by atoms with Crippen LogP contribution in [-0.4, -0.2) is 88.6 Å². The largest absolute Gasteiger partial charge is 0.381 e. The number of hydrogen-bond acceptors (Lipinski definition) is 6. The van der Waals surface area contributed by atoms with Gasteiger partial charge >= 0.3 is 0 Å². The summed E-state index contributed by atoms with van der Waals surface area (Å²) in [5.74, 6) is 0.678. The summed E-state index contributed by atoms with van der Waals surface area (Å²) in [4.78, 5) is 21.1. The molecule has 138 valence electrons. The number of likely N-dealkylation sites (tertiary alicyclic amines) is 1. The number of piperidine rings is 1. The highest BCUT2D eigenvalue weighted by molar-refractivity contribution is 5.90. The number of fused-ring (bicyclic) bond motifs is 1. The number of aryl methyl sites for hydroxylation is 1. The van der Waals surface area contributed by atoms with Gasteiger partial charge in [-0.1, -0.05) is 0 Å². The van der Waals surface area contributed by atoms with E-state index in [-0.39, 0.29) is 17.8 Å². The molecule has 0 N–H and O–H groups in total. The van der Waals surface area contributed by atoms with E-state index in [4.69, 9.17) is 9.47 Å². The van der Waals surface area contributed by atoms with E-state index in [1.807, 2.05) is 4.90 Å². The Morgan fingerprint density at radius 1 is 1.16 bits per heavy atom. The maximum atomic E-state index is 12.6. The number of amides is 1. The van der Waals surface area contributed by atoms with Crippen molar-refractivity contribution in [3.63, 3.8) is 0 Å². The van der Waals surface area contributed by atoms with Crippen molar-refractivity contribution in [2.75, 3.05) is 46.0 Å². The van der Waals surface area contributed by atoms with Gasteiger partial charge in [-0.15, -0.1) is 5.10 Å². The van der Waals surface area contributed by atoms with Crippen LogP contribution in [0.3, 0.4) is 0 Å². The zero-order chi connectivity index (χ0) is 17.2. The predicted octanol–water partition coefficient (Wildman–Crippen LogP) is 0.157. The van der Waals surface area contributed by atoms with E-state index in [1.165, 1.54) is 0 Å². The smallest absolute Gasteiger partial charge is 0.293 e. The monoisotopic (exact) mass is 349 g/mol. The topological polar surface area (TPSA) is 72.7 Å². The Kier molecular flexibility index (Phi) is 5.00. The van der Waals surface area contributed by atoms with Gasteiger partial charge in [-0.2, -0.15) is 0 Å². The molecule has 1 aromatic rings. The van der Waals surface area contributed by atoms with Crippen LogP contribution in [0.1, 0.15) is 29.9 Å². The fourth-order valence-corrected chi connectivity index (χ4v) is 4.22. The molecule has 4 rings (SSSR count). The highest BCUT2D eigenvalue weighted by Gasteiger charge is 2.37. The number of carbonyl (C=O) groups is 1. The summed E-state index contributed by atoms with van der Waals surface area (Å²) < 4.78 is 13.2. The lowest BCUT2D eigenvalue weighted by Crippen LogP contribution is -2.50. The second-order valence-electron chi connectivity index (χ2n) is 7.29. The quantitative estimate of drug-likeness (QED) is 0.757. The SMILES string of the molecule is Cn1cnc(C(=O)N2CCC3CN(C4CCOCC4)CCOC3C2)n1. The van der Waals surface area contributed by atoms with Crippen molar-refractivity contribution in [3.8, 4) is 0 Å². The minimum atomic E-state index is -0.0896. The minimum Gasteiger partial charge on any atom is -0.381 e. The van der Waals surface area contributed by atoms with Gasteiger partial charge in [0, 0.05) is 58.4 Å². The average Bonchev–Trinajstić information content (AvgIpc) is 2.96. The number of aromatic nitrogens is 3. The molecule has 3 saturated heterocycles. The molecule has 0 bridgehead atoms. The van der Waals surface area contributed by atoms with Crippen molar-refractivity contribution in [2.45, 2.75) is 31.4 Å². The van der Waals surface area contributed by atoms with Crippen LogP contribution in [0.25, 0.3) is 0 Å². The molecule has 0 aliphatic carbocycles.